The number of carboxylic acids is 1. The minimum atomic E-state index is -0.998. The Morgan fingerprint density at radius 3 is 2.83 bits per heavy atom. The van der Waals surface area contributed by atoms with Gasteiger partial charge in [0, 0.05) is 11.6 Å². The van der Waals surface area contributed by atoms with Crippen LogP contribution in [-0.4, -0.2) is 22.3 Å². The maximum Gasteiger partial charge on any atom is 0.332 e. The van der Waals surface area contributed by atoms with Gasteiger partial charge in [-0.2, -0.15) is 0 Å². The SMILES string of the molecule is CC(OCc1cc(-c2ccccc2)on1)C(=O)O. The predicted octanol–water partition coefficient (Wildman–Crippen LogP) is 2.33. The van der Waals surface area contributed by atoms with E-state index in [0.29, 0.717) is 11.5 Å². The largest absolute Gasteiger partial charge is 0.479 e. The van der Waals surface area contributed by atoms with Crippen LogP contribution in [0, 0.1) is 0 Å². The van der Waals surface area contributed by atoms with Crippen molar-refractivity contribution in [2.24, 2.45) is 0 Å². The molecular weight excluding hydrogens is 234 g/mol. The summed E-state index contributed by atoms with van der Waals surface area (Å²) in [6, 6.07) is 11.3. The standard InChI is InChI=1S/C13H13NO4/c1-9(13(15)16)17-8-11-7-12(18-14-11)10-5-3-2-4-6-10/h2-7,9H,8H2,1H3,(H,15,16). The highest BCUT2D eigenvalue weighted by molar-refractivity contribution is 5.71. The third kappa shape index (κ3) is 2.95. The van der Waals surface area contributed by atoms with Gasteiger partial charge in [-0.05, 0) is 6.92 Å². The summed E-state index contributed by atoms with van der Waals surface area (Å²) in [5.74, 6) is -0.362. The van der Waals surface area contributed by atoms with Gasteiger partial charge < -0.3 is 14.4 Å². The van der Waals surface area contributed by atoms with Crippen molar-refractivity contribution in [2.75, 3.05) is 0 Å². The number of aromatic nitrogens is 1. The molecule has 0 saturated carbocycles. The van der Waals surface area contributed by atoms with Gasteiger partial charge in [-0.3, -0.25) is 0 Å². The van der Waals surface area contributed by atoms with Crippen molar-refractivity contribution in [1.82, 2.24) is 5.16 Å². The molecule has 0 bridgehead atoms. The third-order valence-corrected chi connectivity index (χ3v) is 2.45. The van der Waals surface area contributed by atoms with Gasteiger partial charge in [-0.25, -0.2) is 4.79 Å². The zero-order valence-electron chi connectivity index (χ0n) is 9.87. The van der Waals surface area contributed by atoms with Gasteiger partial charge in [0.05, 0.1) is 6.61 Å². The van der Waals surface area contributed by atoms with Crippen LogP contribution in [0.4, 0.5) is 0 Å². The first-order valence-corrected chi connectivity index (χ1v) is 5.52. The molecule has 1 unspecified atom stereocenters. The van der Waals surface area contributed by atoms with Crippen LogP contribution in [0.15, 0.2) is 40.9 Å². The molecule has 0 radical (unpaired) electrons. The maximum atomic E-state index is 10.6. The number of carboxylic acid groups (broad SMARTS) is 1. The Bertz CT molecular complexity index is 521. The molecule has 1 heterocycles. The van der Waals surface area contributed by atoms with Crippen LogP contribution < -0.4 is 0 Å². The smallest absolute Gasteiger partial charge is 0.332 e. The Balaban J connectivity index is 2.01. The molecule has 18 heavy (non-hydrogen) atoms. The molecule has 1 aromatic heterocycles. The van der Waals surface area contributed by atoms with E-state index in [-0.39, 0.29) is 6.61 Å². The Labute approximate surface area is 104 Å². The molecule has 1 N–H and O–H groups in total. The van der Waals surface area contributed by atoms with Crippen molar-refractivity contribution in [3.8, 4) is 11.3 Å². The van der Waals surface area contributed by atoms with Crippen LogP contribution in [0.2, 0.25) is 0 Å². The second kappa shape index (κ2) is 5.46. The summed E-state index contributed by atoms with van der Waals surface area (Å²) in [6.07, 6.45) is -0.859. The van der Waals surface area contributed by atoms with Crippen molar-refractivity contribution in [2.45, 2.75) is 19.6 Å². The number of carbonyl (C=O) groups is 1. The Hall–Kier alpha value is -2.14. The van der Waals surface area contributed by atoms with Crippen molar-refractivity contribution < 1.29 is 19.2 Å². The minimum absolute atomic E-state index is 0.115. The lowest BCUT2D eigenvalue weighted by atomic mass is 10.2. The highest BCUT2D eigenvalue weighted by atomic mass is 16.5. The summed E-state index contributed by atoms with van der Waals surface area (Å²) in [6.45, 7) is 1.59. The number of benzene rings is 1. The molecule has 0 fully saturated rings. The molecule has 5 nitrogen and oxygen atoms in total. The van der Waals surface area contributed by atoms with Crippen LogP contribution in [-0.2, 0) is 16.1 Å². The number of ether oxygens (including phenoxy) is 1. The number of hydrogen-bond acceptors (Lipinski definition) is 4. The lowest BCUT2D eigenvalue weighted by Crippen LogP contribution is -2.19. The van der Waals surface area contributed by atoms with Gasteiger partial charge in [-0.1, -0.05) is 35.5 Å². The van der Waals surface area contributed by atoms with Gasteiger partial charge in [0.2, 0.25) is 0 Å². The van der Waals surface area contributed by atoms with E-state index in [1.54, 1.807) is 6.07 Å². The molecular formula is C13H13NO4. The topological polar surface area (TPSA) is 72.6 Å². The molecule has 0 spiro atoms. The number of nitrogens with zero attached hydrogens (tertiary/aromatic N) is 1. The Morgan fingerprint density at radius 1 is 1.44 bits per heavy atom. The van der Waals surface area contributed by atoms with Crippen LogP contribution >= 0.6 is 0 Å². The van der Waals surface area contributed by atoms with E-state index in [4.69, 9.17) is 14.4 Å². The van der Waals surface area contributed by atoms with Gasteiger partial charge in [-0.15, -0.1) is 0 Å². The average molecular weight is 247 g/mol. The van der Waals surface area contributed by atoms with Crippen LogP contribution in [0.5, 0.6) is 0 Å². The van der Waals surface area contributed by atoms with Crippen molar-refractivity contribution in [3.63, 3.8) is 0 Å². The van der Waals surface area contributed by atoms with E-state index >= 15 is 0 Å². The van der Waals surface area contributed by atoms with Gasteiger partial charge in [0.25, 0.3) is 0 Å². The highest BCUT2D eigenvalue weighted by Crippen LogP contribution is 2.20. The van der Waals surface area contributed by atoms with Gasteiger partial charge in [0.15, 0.2) is 11.9 Å². The summed E-state index contributed by atoms with van der Waals surface area (Å²) in [4.78, 5) is 10.6. The second-order valence-electron chi connectivity index (χ2n) is 3.84. The zero-order valence-corrected chi connectivity index (χ0v) is 9.87. The van der Waals surface area contributed by atoms with E-state index in [2.05, 4.69) is 5.16 Å². The minimum Gasteiger partial charge on any atom is -0.479 e. The molecule has 2 aromatic rings. The molecule has 0 saturated heterocycles. The van der Waals surface area contributed by atoms with Crippen molar-refractivity contribution in [1.29, 1.82) is 0 Å². The molecule has 2 rings (SSSR count). The first-order valence-electron chi connectivity index (χ1n) is 5.52. The molecule has 0 aliphatic carbocycles. The first kappa shape index (κ1) is 12.3. The zero-order chi connectivity index (χ0) is 13.0. The normalized spacial score (nSPS) is 12.3. The Kier molecular flexibility index (Phi) is 3.74. The van der Waals surface area contributed by atoms with Gasteiger partial charge in [0.1, 0.15) is 5.69 Å². The number of aliphatic carboxylic acids is 1. The molecule has 0 aliphatic rings. The fourth-order valence-corrected chi connectivity index (χ4v) is 1.40. The molecule has 1 atom stereocenters. The summed E-state index contributed by atoms with van der Waals surface area (Å²) in [7, 11) is 0. The molecule has 0 amide bonds. The number of hydrogen-bond donors (Lipinski definition) is 1. The summed E-state index contributed by atoms with van der Waals surface area (Å²) in [5, 5.41) is 12.5. The Morgan fingerprint density at radius 2 is 2.17 bits per heavy atom. The van der Waals surface area contributed by atoms with Crippen molar-refractivity contribution in [3.05, 3.63) is 42.1 Å². The summed E-state index contributed by atoms with van der Waals surface area (Å²) in [5.41, 5.74) is 1.49. The van der Waals surface area contributed by atoms with Gasteiger partial charge >= 0.3 is 5.97 Å². The van der Waals surface area contributed by atoms with Crippen LogP contribution in [0.1, 0.15) is 12.6 Å². The van der Waals surface area contributed by atoms with E-state index < -0.39 is 12.1 Å². The van der Waals surface area contributed by atoms with Crippen LogP contribution in [0.25, 0.3) is 11.3 Å². The van der Waals surface area contributed by atoms with E-state index in [9.17, 15) is 4.79 Å². The van der Waals surface area contributed by atoms with Crippen LogP contribution in [0.3, 0.4) is 0 Å². The lowest BCUT2D eigenvalue weighted by Gasteiger charge is -2.05. The summed E-state index contributed by atoms with van der Waals surface area (Å²) >= 11 is 0. The lowest BCUT2D eigenvalue weighted by molar-refractivity contribution is -0.149. The monoisotopic (exact) mass is 247 g/mol. The first-order chi connectivity index (χ1) is 8.66. The van der Waals surface area contributed by atoms with E-state index in [1.807, 2.05) is 30.3 Å². The van der Waals surface area contributed by atoms with E-state index in [1.165, 1.54) is 6.92 Å². The summed E-state index contributed by atoms with van der Waals surface area (Å²) < 4.78 is 10.3. The average Bonchev–Trinajstić information content (AvgIpc) is 2.85. The number of rotatable bonds is 5. The van der Waals surface area contributed by atoms with Crippen molar-refractivity contribution >= 4 is 5.97 Å². The second-order valence-corrected chi connectivity index (χ2v) is 3.84. The molecule has 1 aromatic carbocycles. The fraction of sp³-hybridized carbons (Fsp3) is 0.231. The fourth-order valence-electron chi connectivity index (χ4n) is 1.40. The molecule has 5 heteroatoms. The maximum absolute atomic E-state index is 10.6. The predicted molar refractivity (Wildman–Crippen MR) is 63.8 cm³/mol. The molecule has 0 aliphatic heterocycles. The highest BCUT2D eigenvalue weighted by Gasteiger charge is 2.13. The van der Waals surface area contributed by atoms with E-state index in [0.717, 1.165) is 5.56 Å². The molecule has 94 valence electrons. The third-order valence-electron chi connectivity index (χ3n) is 2.45. The quantitative estimate of drug-likeness (QED) is 0.877.